The molecular weight excluding hydrogens is 304 g/mol. The lowest BCUT2D eigenvalue weighted by Gasteiger charge is -2.42. The molecule has 2 aliphatic heterocycles. The second kappa shape index (κ2) is 8.80. The van der Waals surface area contributed by atoms with Crippen LogP contribution >= 0.6 is 0 Å². The Morgan fingerprint density at radius 2 is 1.92 bits per heavy atom. The van der Waals surface area contributed by atoms with Crippen LogP contribution in [0.1, 0.15) is 40.0 Å². The van der Waals surface area contributed by atoms with Gasteiger partial charge in [0, 0.05) is 38.3 Å². The number of nitriles is 1. The van der Waals surface area contributed by atoms with E-state index in [4.69, 9.17) is 0 Å². The van der Waals surface area contributed by atoms with Crippen molar-refractivity contribution in [2.45, 2.75) is 58.2 Å². The van der Waals surface area contributed by atoms with Crippen LogP contribution in [0.2, 0.25) is 0 Å². The molecule has 24 heavy (non-hydrogen) atoms. The monoisotopic (exact) mass is 336 g/mol. The number of carbonyl (C=O) groups is 1. The molecule has 1 N–H and O–H groups in total. The molecule has 0 aromatic heterocycles. The van der Waals surface area contributed by atoms with Gasteiger partial charge in [-0.15, -0.1) is 0 Å². The van der Waals surface area contributed by atoms with Gasteiger partial charge in [0.2, 0.25) is 5.91 Å². The second-order valence-corrected chi connectivity index (χ2v) is 7.52. The molecule has 0 spiro atoms. The Labute approximate surface area is 146 Å². The number of piperazine rings is 1. The number of piperidine rings is 1. The summed E-state index contributed by atoms with van der Waals surface area (Å²) in [6.07, 6.45) is 3.19. The summed E-state index contributed by atoms with van der Waals surface area (Å²) < 4.78 is 0. The van der Waals surface area contributed by atoms with Crippen molar-refractivity contribution < 1.29 is 9.90 Å². The molecule has 0 aliphatic carbocycles. The van der Waals surface area contributed by atoms with Crippen LogP contribution in [0.3, 0.4) is 0 Å². The zero-order valence-corrected chi connectivity index (χ0v) is 15.3. The number of amides is 1. The molecule has 2 fully saturated rings. The number of hydrogen-bond donors (Lipinski definition) is 1. The highest BCUT2D eigenvalue weighted by molar-refractivity contribution is 5.78. The Kier molecular flexibility index (Phi) is 7.02. The normalized spacial score (nSPS) is 27.9. The summed E-state index contributed by atoms with van der Waals surface area (Å²) in [6, 6.07) is 2.79. The molecule has 3 unspecified atom stereocenters. The van der Waals surface area contributed by atoms with Crippen molar-refractivity contribution in [3.05, 3.63) is 0 Å². The van der Waals surface area contributed by atoms with Crippen molar-refractivity contribution in [3.63, 3.8) is 0 Å². The minimum absolute atomic E-state index is 0.0665. The van der Waals surface area contributed by atoms with E-state index >= 15 is 0 Å². The highest BCUT2D eigenvalue weighted by Crippen LogP contribution is 2.22. The minimum atomic E-state index is -0.0665. The van der Waals surface area contributed by atoms with Crippen molar-refractivity contribution in [1.29, 1.82) is 5.26 Å². The van der Waals surface area contributed by atoms with Crippen LogP contribution in [0.4, 0.5) is 0 Å². The number of aliphatic hydroxyl groups is 1. The van der Waals surface area contributed by atoms with Crippen molar-refractivity contribution in [3.8, 4) is 6.07 Å². The Hall–Kier alpha value is -1.16. The topological polar surface area (TPSA) is 70.8 Å². The summed E-state index contributed by atoms with van der Waals surface area (Å²) in [5.41, 5.74) is 0. The lowest BCUT2D eigenvalue weighted by molar-refractivity contribution is -0.136. The fraction of sp³-hybridized carbons (Fsp3) is 0.889. The van der Waals surface area contributed by atoms with Gasteiger partial charge in [-0.3, -0.25) is 14.6 Å². The van der Waals surface area contributed by atoms with Gasteiger partial charge in [-0.05, 0) is 25.7 Å². The Balaban J connectivity index is 1.87. The van der Waals surface area contributed by atoms with Crippen LogP contribution in [0.25, 0.3) is 0 Å². The van der Waals surface area contributed by atoms with Crippen LogP contribution < -0.4 is 0 Å². The summed E-state index contributed by atoms with van der Waals surface area (Å²) in [6.45, 7) is 9.72. The molecule has 0 saturated carbocycles. The molecule has 0 radical (unpaired) electrons. The fourth-order valence-corrected chi connectivity index (χ4v) is 3.98. The van der Waals surface area contributed by atoms with Gasteiger partial charge < -0.3 is 10.0 Å². The molecule has 0 aromatic carbocycles. The van der Waals surface area contributed by atoms with Gasteiger partial charge in [0.25, 0.3) is 0 Å². The Morgan fingerprint density at radius 3 is 2.46 bits per heavy atom. The molecule has 0 aromatic rings. The first kappa shape index (κ1) is 19.2. The van der Waals surface area contributed by atoms with Gasteiger partial charge in [-0.2, -0.15) is 5.26 Å². The van der Waals surface area contributed by atoms with Crippen LogP contribution in [-0.2, 0) is 4.79 Å². The SMILES string of the molecule is CC(C)C(C#N)N1CCN(C(=O)CN2C(C)CCCC2CO)CC1. The molecule has 1 amide bonds. The van der Waals surface area contributed by atoms with E-state index < -0.39 is 0 Å². The average molecular weight is 336 g/mol. The van der Waals surface area contributed by atoms with Crippen LogP contribution in [0.15, 0.2) is 0 Å². The molecule has 2 saturated heterocycles. The van der Waals surface area contributed by atoms with Crippen LogP contribution in [0, 0.1) is 17.2 Å². The molecule has 0 bridgehead atoms. The fourth-order valence-electron chi connectivity index (χ4n) is 3.98. The first-order valence-corrected chi connectivity index (χ1v) is 9.26. The first-order valence-electron chi connectivity index (χ1n) is 9.26. The van der Waals surface area contributed by atoms with E-state index in [2.05, 4.69) is 36.6 Å². The molecule has 6 nitrogen and oxygen atoms in total. The lowest BCUT2D eigenvalue weighted by Crippen LogP contribution is -2.56. The summed E-state index contributed by atoms with van der Waals surface area (Å²) in [5.74, 6) is 0.455. The molecule has 136 valence electrons. The van der Waals surface area contributed by atoms with E-state index in [1.807, 2.05) is 4.90 Å². The van der Waals surface area contributed by atoms with Crippen molar-refractivity contribution >= 4 is 5.91 Å². The maximum Gasteiger partial charge on any atom is 0.236 e. The van der Waals surface area contributed by atoms with Gasteiger partial charge in [-0.25, -0.2) is 0 Å². The van der Waals surface area contributed by atoms with Crippen LogP contribution in [0.5, 0.6) is 0 Å². The highest BCUT2D eigenvalue weighted by atomic mass is 16.3. The van der Waals surface area contributed by atoms with E-state index in [9.17, 15) is 15.2 Å². The van der Waals surface area contributed by atoms with E-state index in [-0.39, 0.29) is 24.6 Å². The van der Waals surface area contributed by atoms with Crippen molar-refractivity contribution in [2.24, 2.45) is 5.92 Å². The zero-order valence-electron chi connectivity index (χ0n) is 15.3. The number of likely N-dealkylation sites (tertiary alicyclic amines) is 1. The van der Waals surface area contributed by atoms with Gasteiger partial charge in [-0.1, -0.05) is 20.3 Å². The predicted molar refractivity (Wildman–Crippen MR) is 93.3 cm³/mol. The number of nitrogens with zero attached hydrogens (tertiary/aromatic N) is 4. The number of carbonyl (C=O) groups excluding carboxylic acids is 1. The number of rotatable bonds is 5. The van der Waals surface area contributed by atoms with E-state index in [0.29, 0.717) is 31.6 Å². The Morgan fingerprint density at radius 1 is 1.25 bits per heavy atom. The van der Waals surface area contributed by atoms with Gasteiger partial charge in [0.15, 0.2) is 0 Å². The standard InChI is InChI=1S/C18H32N4O2/c1-14(2)17(11-19)20-7-9-21(10-8-20)18(24)12-22-15(3)5-4-6-16(22)13-23/h14-17,23H,4-10,12-13H2,1-3H3. The summed E-state index contributed by atoms with van der Waals surface area (Å²) in [5, 5.41) is 18.9. The molecule has 2 heterocycles. The summed E-state index contributed by atoms with van der Waals surface area (Å²) in [4.78, 5) is 19.0. The number of aliphatic hydroxyl groups excluding tert-OH is 1. The maximum absolute atomic E-state index is 12.7. The van der Waals surface area contributed by atoms with E-state index in [0.717, 1.165) is 32.4 Å². The number of hydrogen-bond acceptors (Lipinski definition) is 5. The third-order valence-electron chi connectivity index (χ3n) is 5.55. The maximum atomic E-state index is 12.7. The molecule has 3 atom stereocenters. The highest BCUT2D eigenvalue weighted by Gasteiger charge is 2.32. The molecule has 2 rings (SSSR count). The zero-order chi connectivity index (χ0) is 17.7. The van der Waals surface area contributed by atoms with E-state index in [1.165, 1.54) is 0 Å². The lowest BCUT2D eigenvalue weighted by atomic mass is 9.97. The smallest absolute Gasteiger partial charge is 0.236 e. The van der Waals surface area contributed by atoms with Crippen LogP contribution in [-0.4, -0.2) is 83.2 Å². The second-order valence-electron chi connectivity index (χ2n) is 7.52. The average Bonchev–Trinajstić information content (AvgIpc) is 2.57. The van der Waals surface area contributed by atoms with Gasteiger partial charge in [0.1, 0.15) is 6.04 Å². The van der Waals surface area contributed by atoms with Gasteiger partial charge in [0.05, 0.1) is 19.2 Å². The van der Waals surface area contributed by atoms with E-state index in [1.54, 1.807) is 0 Å². The summed E-state index contributed by atoms with van der Waals surface area (Å²) in [7, 11) is 0. The summed E-state index contributed by atoms with van der Waals surface area (Å²) >= 11 is 0. The molecule has 6 heteroatoms. The molecule has 2 aliphatic rings. The third-order valence-corrected chi connectivity index (χ3v) is 5.55. The molecular formula is C18H32N4O2. The predicted octanol–water partition coefficient (Wildman–Crippen LogP) is 0.914. The van der Waals surface area contributed by atoms with Crippen molar-refractivity contribution in [2.75, 3.05) is 39.3 Å². The first-order chi connectivity index (χ1) is 11.5. The largest absolute Gasteiger partial charge is 0.395 e. The minimum Gasteiger partial charge on any atom is -0.395 e. The quantitative estimate of drug-likeness (QED) is 0.808. The van der Waals surface area contributed by atoms with Crippen molar-refractivity contribution in [1.82, 2.24) is 14.7 Å². The Bertz CT molecular complexity index is 454. The third kappa shape index (κ3) is 4.47. The van der Waals surface area contributed by atoms with Gasteiger partial charge >= 0.3 is 0 Å².